The van der Waals surface area contributed by atoms with E-state index in [4.69, 9.17) is 0 Å². The molecule has 0 bridgehead atoms. The lowest BCUT2D eigenvalue weighted by atomic mass is 10.1. The van der Waals surface area contributed by atoms with Crippen molar-refractivity contribution in [3.8, 4) is 0 Å². The van der Waals surface area contributed by atoms with Gasteiger partial charge in [0.25, 0.3) is 11.8 Å². The molecule has 148 valence electrons. The number of likely N-dealkylation sites (N-methyl/N-ethyl adjacent to an activating group) is 1. The molecule has 3 N–H and O–H groups in total. The highest BCUT2D eigenvalue weighted by Gasteiger charge is 2.16. The topological polar surface area (TPSA) is 62.6 Å². The van der Waals surface area contributed by atoms with Crippen molar-refractivity contribution in [2.24, 2.45) is 0 Å². The molecule has 1 unspecified atom stereocenters. The molecule has 29 heavy (non-hydrogen) atoms. The number of hydrogen-bond donors (Lipinski definition) is 3. The van der Waals surface area contributed by atoms with Crippen LogP contribution < -0.4 is 15.5 Å². The number of benzene rings is 3. The Labute approximate surface area is 178 Å². The summed E-state index contributed by atoms with van der Waals surface area (Å²) in [6, 6.07) is 24.3. The normalized spacial score (nSPS) is 11.5. The minimum Gasteiger partial charge on any atom is -0.326 e. The van der Waals surface area contributed by atoms with Crippen LogP contribution in [0.2, 0.25) is 0 Å². The van der Waals surface area contributed by atoms with Crippen molar-refractivity contribution in [3.05, 3.63) is 94.5 Å². The first-order chi connectivity index (χ1) is 14.0. The van der Waals surface area contributed by atoms with E-state index in [9.17, 15) is 9.59 Å². The summed E-state index contributed by atoms with van der Waals surface area (Å²) >= 11 is 3.42. The van der Waals surface area contributed by atoms with Crippen LogP contribution in [0.4, 0.5) is 11.4 Å². The Hall–Kier alpha value is -2.96. The molecule has 0 aliphatic rings. The lowest BCUT2D eigenvalue weighted by Gasteiger charge is -2.15. The largest absolute Gasteiger partial charge is 0.326 e. The van der Waals surface area contributed by atoms with Crippen molar-refractivity contribution in [2.75, 3.05) is 24.2 Å². The molecular weight excluding hydrogens is 430 g/mol. The number of rotatable bonds is 7. The van der Waals surface area contributed by atoms with Gasteiger partial charge in [0, 0.05) is 15.7 Å². The van der Waals surface area contributed by atoms with Crippen LogP contribution in [0.1, 0.15) is 15.9 Å². The van der Waals surface area contributed by atoms with Gasteiger partial charge in [-0.05, 0) is 36.4 Å². The molecule has 0 fully saturated rings. The zero-order valence-corrected chi connectivity index (χ0v) is 17.7. The first-order valence-corrected chi connectivity index (χ1v) is 10.1. The number of quaternary nitrogens is 1. The van der Waals surface area contributed by atoms with E-state index >= 15 is 0 Å². The highest BCUT2D eigenvalue weighted by Crippen LogP contribution is 2.17. The molecule has 0 heterocycles. The van der Waals surface area contributed by atoms with Crippen LogP contribution >= 0.6 is 15.9 Å². The van der Waals surface area contributed by atoms with Crippen molar-refractivity contribution in [3.63, 3.8) is 0 Å². The second-order valence-electron chi connectivity index (χ2n) is 6.85. The van der Waals surface area contributed by atoms with E-state index in [1.54, 1.807) is 24.3 Å². The predicted molar refractivity (Wildman–Crippen MR) is 119 cm³/mol. The van der Waals surface area contributed by atoms with Gasteiger partial charge < -0.3 is 15.5 Å². The Morgan fingerprint density at radius 1 is 0.862 bits per heavy atom. The van der Waals surface area contributed by atoms with Crippen LogP contribution in [0.25, 0.3) is 0 Å². The van der Waals surface area contributed by atoms with Crippen LogP contribution in [0.15, 0.2) is 83.3 Å². The minimum absolute atomic E-state index is 0.139. The van der Waals surface area contributed by atoms with E-state index in [0.29, 0.717) is 23.5 Å². The third-order valence-electron chi connectivity index (χ3n) is 4.36. The first-order valence-electron chi connectivity index (χ1n) is 9.32. The summed E-state index contributed by atoms with van der Waals surface area (Å²) in [7, 11) is 1.97. The fraction of sp³-hybridized carbons (Fsp3) is 0.130. The molecule has 0 saturated heterocycles. The van der Waals surface area contributed by atoms with Gasteiger partial charge in [-0.2, -0.15) is 0 Å². The first kappa shape index (κ1) is 20.8. The van der Waals surface area contributed by atoms with Gasteiger partial charge in [-0.25, -0.2) is 0 Å². The molecule has 5 nitrogen and oxygen atoms in total. The molecule has 3 aromatic rings. The Morgan fingerprint density at radius 2 is 1.52 bits per heavy atom. The van der Waals surface area contributed by atoms with Crippen molar-refractivity contribution < 1.29 is 14.5 Å². The SMILES string of the molecule is C[NH+](CC(=O)Nc1ccccc1C(=O)Nc1ccccc1)Cc1ccc(Br)cc1. The number of carbonyl (C=O) groups is 2. The fourth-order valence-electron chi connectivity index (χ4n) is 2.99. The summed E-state index contributed by atoms with van der Waals surface area (Å²) in [5.41, 5.74) is 2.79. The summed E-state index contributed by atoms with van der Waals surface area (Å²) in [5.74, 6) is -0.401. The average Bonchev–Trinajstić information content (AvgIpc) is 2.70. The average molecular weight is 453 g/mol. The molecule has 2 amide bonds. The Balaban J connectivity index is 1.61. The third kappa shape index (κ3) is 6.27. The third-order valence-corrected chi connectivity index (χ3v) is 4.89. The maximum atomic E-state index is 12.6. The van der Waals surface area contributed by atoms with Crippen molar-refractivity contribution in [1.29, 1.82) is 0 Å². The smallest absolute Gasteiger partial charge is 0.279 e. The molecule has 0 saturated carbocycles. The standard InChI is InChI=1S/C23H22BrN3O2/c1-27(15-17-11-13-18(24)14-12-17)16-22(28)26-21-10-6-5-9-20(21)23(29)25-19-7-3-2-4-8-19/h2-14H,15-16H2,1H3,(H,25,29)(H,26,28)/p+1. The van der Waals surface area contributed by atoms with E-state index < -0.39 is 0 Å². The minimum atomic E-state index is -0.261. The van der Waals surface area contributed by atoms with E-state index in [1.165, 1.54) is 0 Å². The van der Waals surface area contributed by atoms with Gasteiger partial charge >= 0.3 is 0 Å². The van der Waals surface area contributed by atoms with Crippen molar-refractivity contribution in [1.82, 2.24) is 0 Å². The molecule has 1 atom stereocenters. The van der Waals surface area contributed by atoms with Crippen LogP contribution in [-0.4, -0.2) is 25.4 Å². The second kappa shape index (κ2) is 10.0. The number of hydrogen-bond acceptors (Lipinski definition) is 2. The maximum absolute atomic E-state index is 12.6. The monoisotopic (exact) mass is 452 g/mol. The quantitative estimate of drug-likeness (QED) is 0.514. The zero-order valence-electron chi connectivity index (χ0n) is 16.1. The Kier molecular flexibility index (Phi) is 7.16. The van der Waals surface area contributed by atoms with Crippen LogP contribution in [0, 0.1) is 0 Å². The van der Waals surface area contributed by atoms with E-state index in [1.807, 2.05) is 61.6 Å². The zero-order chi connectivity index (χ0) is 20.6. The number of para-hydroxylation sites is 2. The van der Waals surface area contributed by atoms with Gasteiger partial charge in [0.15, 0.2) is 6.54 Å². The van der Waals surface area contributed by atoms with Crippen molar-refractivity contribution >= 4 is 39.1 Å². The molecule has 0 radical (unpaired) electrons. The summed E-state index contributed by atoms with van der Waals surface area (Å²) in [6.45, 7) is 1.03. The van der Waals surface area contributed by atoms with Crippen molar-refractivity contribution in [2.45, 2.75) is 6.54 Å². The predicted octanol–water partition coefficient (Wildman–Crippen LogP) is 3.35. The molecule has 0 spiro atoms. The lowest BCUT2D eigenvalue weighted by molar-refractivity contribution is -0.885. The maximum Gasteiger partial charge on any atom is 0.279 e. The second-order valence-corrected chi connectivity index (χ2v) is 7.77. The molecule has 3 aromatic carbocycles. The van der Waals surface area contributed by atoms with Gasteiger partial charge in [0.1, 0.15) is 6.54 Å². The number of carbonyl (C=O) groups excluding carboxylic acids is 2. The molecule has 0 aliphatic heterocycles. The highest BCUT2D eigenvalue weighted by molar-refractivity contribution is 9.10. The molecular formula is C23H23BrN3O2+. The lowest BCUT2D eigenvalue weighted by Crippen LogP contribution is -3.08. The van der Waals surface area contributed by atoms with Gasteiger partial charge in [-0.3, -0.25) is 9.59 Å². The fourth-order valence-corrected chi connectivity index (χ4v) is 3.26. The Bertz CT molecular complexity index is 975. The van der Waals surface area contributed by atoms with E-state index in [-0.39, 0.29) is 11.8 Å². The van der Waals surface area contributed by atoms with Gasteiger partial charge in [-0.1, -0.05) is 58.4 Å². The molecule has 6 heteroatoms. The molecule has 0 aliphatic carbocycles. The number of anilines is 2. The van der Waals surface area contributed by atoms with Gasteiger partial charge in [-0.15, -0.1) is 0 Å². The summed E-state index contributed by atoms with van der Waals surface area (Å²) in [6.07, 6.45) is 0. The van der Waals surface area contributed by atoms with Gasteiger partial charge in [0.05, 0.1) is 18.3 Å². The summed E-state index contributed by atoms with van der Waals surface area (Å²) in [5, 5.41) is 5.73. The summed E-state index contributed by atoms with van der Waals surface area (Å²) in [4.78, 5) is 26.2. The van der Waals surface area contributed by atoms with E-state index in [2.05, 4.69) is 26.6 Å². The summed E-state index contributed by atoms with van der Waals surface area (Å²) < 4.78 is 1.03. The molecule has 0 aromatic heterocycles. The van der Waals surface area contributed by atoms with Crippen LogP contribution in [0.3, 0.4) is 0 Å². The number of halogens is 1. The van der Waals surface area contributed by atoms with Gasteiger partial charge in [0.2, 0.25) is 0 Å². The van der Waals surface area contributed by atoms with Crippen LogP contribution in [0.5, 0.6) is 0 Å². The Morgan fingerprint density at radius 3 is 2.24 bits per heavy atom. The molecule has 3 rings (SSSR count). The number of amides is 2. The highest BCUT2D eigenvalue weighted by atomic mass is 79.9. The number of nitrogens with one attached hydrogen (secondary N) is 3. The van der Waals surface area contributed by atoms with Crippen LogP contribution in [-0.2, 0) is 11.3 Å². The van der Waals surface area contributed by atoms with E-state index in [0.717, 1.165) is 21.5 Å².